The van der Waals surface area contributed by atoms with Gasteiger partial charge in [0.1, 0.15) is 29.0 Å². The number of nitriles is 1. The molecule has 4 rings (SSSR count). The van der Waals surface area contributed by atoms with Crippen LogP contribution in [0, 0.1) is 25.2 Å². The Hall–Kier alpha value is -4.29. The summed E-state index contributed by atoms with van der Waals surface area (Å²) in [5.41, 5.74) is 2.55. The molecule has 3 aromatic rings. The van der Waals surface area contributed by atoms with E-state index in [4.69, 9.17) is 18.9 Å². The van der Waals surface area contributed by atoms with E-state index in [-0.39, 0.29) is 19.0 Å². The minimum atomic E-state index is -0.604. The number of fused-ring (bicyclic) bond motifs is 1. The summed E-state index contributed by atoms with van der Waals surface area (Å²) in [7, 11) is 0. The average Bonchev–Trinajstić information content (AvgIpc) is 3.45. The van der Waals surface area contributed by atoms with Crippen molar-refractivity contribution in [3.63, 3.8) is 0 Å². The molecule has 184 valence electrons. The highest BCUT2D eigenvalue weighted by Crippen LogP contribution is 2.34. The van der Waals surface area contributed by atoms with Gasteiger partial charge in [-0.1, -0.05) is 18.2 Å². The van der Waals surface area contributed by atoms with Gasteiger partial charge in [-0.15, -0.1) is 11.3 Å². The predicted molar refractivity (Wildman–Crippen MR) is 135 cm³/mol. The van der Waals surface area contributed by atoms with Crippen LogP contribution in [-0.4, -0.2) is 25.3 Å². The van der Waals surface area contributed by atoms with Gasteiger partial charge in [0.05, 0.1) is 12.2 Å². The summed E-state index contributed by atoms with van der Waals surface area (Å²) in [6.45, 7) is 6.16. The molecule has 0 unspecified atom stereocenters. The van der Waals surface area contributed by atoms with Gasteiger partial charge in [-0.3, -0.25) is 4.79 Å². The first-order valence-corrected chi connectivity index (χ1v) is 12.0. The van der Waals surface area contributed by atoms with Crippen LogP contribution in [0.3, 0.4) is 0 Å². The van der Waals surface area contributed by atoms with E-state index < -0.39 is 11.9 Å². The molecule has 0 saturated carbocycles. The Kier molecular flexibility index (Phi) is 7.56. The van der Waals surface area contributed by atoms with Gasteiger partial charge in [-0.2, -0.15) is 5.26 Å². The number of carbonyl (C=O) groups excluding carboxylic acids is 2. The van der Waals surface area contributed by atoms with Crippen molar-refractivity contribution in [2.75, 3.05) is 18.7 Å². The fourth-order valence-corrected chi connectivity index (χ4v) is 4.55. The van der Waals surface area contributed by atoms with Crippen molar-refractivity contribution in [2.45, 2.75) is 27.4 Å². The third kappa shape index (κ3) is 5.50. The van der Waals surface area contributed by atoms with Crippen molar-refractivity contribution < 1.29 is 28.5 Å². The number of benzene rings is 2. The maximum absolute atomic E-state index is 12.8. The molecule has 0 aliphatic carbocycles. The minimum Gasteiger partial charge on any atom is -0.489 e. The SMILES string of the molecule is CCOC(=O)c1c(NC(=O)/C(C#N)=C/c2ccc(OCc3ccc4c(c3)OCO4)cc2)sc(C)c1C. The van der Waals surface area contributed by atoms with Crippen LogP contribution in [0.25, 0.3) is 6.08 Å². The number of hydrogen-bond donors (Lipinski definition) is 1. The van der Waals surface area contributed by atoms with Crippen LogP contribution in [0.15, 0.2) is 48.0 Å². The maximum atomic E-state index is 12.8. The Balaban J connectivity index is 1.42. The first-order chi connectivity index (χ1) is 17.4. The molecule has 0 atom stereocenters. The number of nitrogens with zero attached hydrogens (tertiary/aromatic N) is 1. The number of nitrogens with one attached hydrogen (secondary N) is 1. The van der Waals surface area contributed by atoms with Crippen LogP contribution in [0.5, 0.6) is 17.2 Å². The zero-order valence-electron chi connectivity index (χ0n) is 20.0. The van der Waals surface area contributed by atoms with E-state index >= 15 is 0 Å². The van der Waals surface area contributed by atoms with Gasteiger partial charge in [0.2, 0.25) is 6.79 Å². The van der Waals surface area contributed by atoms with Crippen LogP contribution in [-0.2, 0) is 16.1 Å². The standard InChI is InChI=1S/C27H24N2O6S/c1-4-32-27(31)24-16(2)17(3)36-26(24)29-25(30)20(13-28)11-18-5-8-21(9-6-18)33-14-19-7-10-22-23(12-19)35-15-34-22/h5-12H,4,14-15H2,1-3H3,(H,29,30)/b20-11+. The largest absolute Gasteiger partial charge is 0.489 e. The molecule has 2 heterocycles. The lowest BCUT2D eigenvalue weighted by Gasteiger charge is -2.08. The molecule has 1 aliphatic rings. The molecule has 0 bridgehead atoms. The molecule has 1 aromatic heterocycles. The second kappa shape index (κ2) is 11.0. The van der Waals surface area contributed by atoms with Gasteiger partial charge in [0.25, 0.3) is 5.91 Å². The lowest BCUT2D eigenvalue weighted by molar-refractivity contribution is -0.112. The van der Waals surface area contributed by atoms with Crippen molar-refractivity contribution >= 4 is 34.3 Å². The first-order valence-electron chi connectivity index (χ1n) is 11.2. The normalized spacial score (nSPS) is 12.1. The fraction of sp³-hybridized carbons (Fsp3) is 0.222. The van der Waals surface area contributed by atoms with Crippen molar-refractivity contribution in [1.82, 2.24) is 0 Å². The second-order valence-corrected chi connectivity index (χ2v) is 9.10. The number of ether oxygens (including phenoxy) is 4. The molecular formula is C27H24N2O6S. The van der Waals surface area contributed by atoms with E-state index in [1.54, 1.807) is 38.1 Å². The van der Waals surface area contributed by atoms with Gasteiger partial charge in [-0.25, -0.2) is 4.79 Å². The quantitative estimate of drug-likeness (QED) is 0.249. The van der Waals surface area contributed by atoms with Gasteiger partial charge in [0, 0.05) is 4.88 Å². The Morgan fingerprint density at radius 1 is 1.14 bits per heavy atom. The molecule has 0 fully saturated rings. The lowest BCUT2D eigenvalue weighted by Crippen LogP contribution is -2.16. The van der Waals surface area contributed by atoms with E-state index in [1.165, 1.54) is 17.4 Å². The van der Waals surface area contributed by atoms with Gasteiger partial charge in [0.15, 0.2) is 11.5 Å². The van der Waals surface area contributed by atoms with Crippen molar-refractivity contribution in [1.29, 1.82) is 5.26 Å². The third-order valence-corrected chi connectivity index (χ3v) is 6.61. The second-order valence-electron chi connectivity index (χ2n) is 7.88. The molecule has 8 nitrogen and oxygen atoms in total. The lowest BCUT2D eigenvalue weighted by atomic mass is 10.1. The maximum Gasteiger partial charge on any atom is 0.341 e. The highest BCUT2D eigenvalue weighted by Gasteiger charge is 2.23. The summed E-state index contributed by atoms with van der Waals surface area (Å²) in [5, 5.41) is 12.6. The zero-order valence-corrected chi connectivity index (χ0v) is 20.9. The highest BCUT2D eigenvalue weighted by atomic mass is 32.1. The van der Waals surface area contributed by atoms with E-state index in [9.17, 15) is 14.9 Å². The molecule has 1 aliphatic heterocycles. The van der Waals surface area contributed by atoms with E-state index in [2.05, 4.69) is 5.32 Å². The smallest absolute Gasteiger partial charge is 0.341 e. The topological polar surface area (TPSA) is 107 Å². The molecule has 1 amide bonds. The Bertz CT molecular complexity index is 1370. The third-order valence-electron chi connectivity index (χ3n) is 5.49. The van der Waals surface area contributed by atoms with Gasteiger partial charge in [-0.05, 0) is 67.8 Å². The number of thiophene rings is 1. The molecule has 1 N–H and O–H groups in total. The number of esters is 1. The summed E-state index contributed by atoms with van der Waals surface area (Å²) in [4.78, 5) is 26.1. The molecule has 36 heavy (non-hydrogen) atoms. The Morgan fingerprint density at radius 3 is 2.61 bits per heavy atom. The van der Waals surface area contributed by atoms with Crippen LogP contribution in [0.2, 0.25) is 0 Å². The van der Waals surface area contributed by atoms with E-state index in [0.717, 1.165) is 16.0 Å². The monoisotopic (exact) mass is 504 g/mol. The summed E-state index contributed by atoms with van der Waals surface area (Å²) in [6, 6.07) is 14.6. The Labute approximate surface area is 212 Å². The van der Waals surface area contributed by atoms with Crippen molar-refractivity contribution in [3.05, 3.63) is 75.2 Å². The van der Waals surface area contributed by atoms with Gasteiger partial charge >= 0.3 is 5.97 Å². The molecule has 0 spiro atoms. The number of amides is 1. The number of rotatable bonds is 8. The number of anilines is 1. The van der Waals surface area contributed by atoms with E-state index in [1.807, 2.05) is 31.2 Å². The summed E-state index contributed by atoms with van der Waals surface area (Å²) in [5.74, 6) is 0.937. The number of aryl methyl sites for hydroxylation is 1. The van der Waals surface area contributed by atoms with Crippen LogP contribution in [0.1, 0.15) is 38.8 Å². The average molecular weight is 505 g/mol. The molecular weight excluding hydrogens is 480 g/mol. The van der Waals surface area contributed by atoms with Gasteiger partial charge < -0.3 is 24.3 Å². The van der Waals surface area contributed by atoms with Crippen LogP contribution >= 0.6 is 11.3 Å². The minimum absolute atomic E-state index is 0.0949. The predicted octanol–water partition coefficient (Wildman–Crippen LogP) is 5.40. The Morgan fingerprint density at radius 2 is 1.89 bits per heavy atom. The number of carbonyl (C=O) groups is 2. The highest BCUT2D eigenvalue weighted by molar-refractivity contribution is 7.16. The first kappa shape index (κ1) is 24.8. The molecule has 2 aromatic carbocycles. The van der Waals surface area contributed by atoms with Crippen LogP contribution in [0.4, 0.5) is 5.00 Å². The summed E-state index contributed by atoms with van der Waals surface area (Å²) in [6.07, 6.45) is 1.48. The molecule has 9 heteroatoms. The van der Waals surface area contributed by atoms with Crippen molar-refractivity contribution in [3.8, 4) is 23.3 Å². The summed E-state index contributed by atoms with van der Waals surface area (Å²) < 4.78 is 21.6. The fourth-order valence-electron chi connectivity index (χ4n) is 3.51. The van der Waals surface area contributed by atoms with Crippen LogP contribution < -0.4 is 19.5 Å². The molecule has 0 radical (unpaired) electrons. The molecule has 0 saturated heterocycles. The summed E-state index contributed by atoms with van der Waals surface area (Å²) >= 11 is 1.27. The van der Waals surface area contributed by atoms with Crippen molar-refractivity contribution in [2.24, 2.45) is 0 Å². The zero-order chi connectivity index (χ0) is 25.7. The number of hydrogen-bond acceptors (Lipinski definition) is 8. The van der Waals surface area contributed by atoms with E-state index in [0.29, 0.717) is 40.0 Å².